The lowest BCUT2D eigenvalue weighted by atomic mass is 10.1. The maximum atomic E-state index is 5.35. The molecule has 2 nitrogen and oxygen atoms in total. The van der Waals surface area contributed by atoms with Gasteiger partial charge in [-0.2, -0.15) is 0 Å². The summed E-state index contributed by atoms with van der Waals surface area (Å²) in [5.74, 6) is 0.730. The minimum Gasteiger partial charge on any atom is -0.493 e. The highest BCUT2D eigenvalue weighted by Gasteiger charge is 2.27. The van der Waals surface area contributed by atoms with Crippen LogP contribution in [0.4, 0.5) is 0 Å². The Hall–Kier alpha value is -0.500. The van der Waals surface area contributed by atoms with Gasteiger partial charge in [-0.25, -0.2) is 0 Å². The van der Waals surface area contributed by atoms with Crippen molar-refractivity contribution in [2.75, 3.05) is 13.2 Å². The fraction of sp³-hybridized carbons (Fsp3) is 0.714. The van der Waals surface area contributed by atoms with Crippen molar-refractivity contribution in [1.29, 1.82) is 0 Å². The minimum atomic E-state index is -0.280. The third-order valence-corrected chi connectivity index (χ3v) is 1.49. The molecule has 9 heavy (non-hydrogen) atoms. The molecule has 1 saturated heterocycles. The maximum Gasteiger partial charge on any atom is 0.120 e. The molecular weight excluding hydrogens is 116 g/mol. The summed E-state index contributed by atoms with van der Waals surface area (Å²) in [6.07, 6.45) is 0. The Balaban J connectivity index is 2.60. The first kappa shape index (κ1) is 6.62. The molecule has 1 aliphatic heterocycles. The molecule has 52 valence electrons. The van der Waals surface area contributed by atoms with Crippen molar-refractivity contribution < 1.29 is 9.47 Å². The third-order valence-electron chi connectivity index (χ3n) is 1.49. The number of ether oxygens (including phenoxy) is 2. The van der Waals surface area contributed by atoms with E-state index in [4.69, 9.17) is 9.47 Å². The normalized spacial score (nSPS) is 25.3. The van der Waals surface area contributed by atoms with Gasteiger partial charge in [0.25, 0.3) is 0 Å². The predicted octanol–water partition coefficient (Wildman–Crippen LogP) is 1.33. The van der Waals surface area contributed by atoms with Crippen molar-refractivity contribution in [2.24, 2.45) is 0 Å². The van der Waals surface area contributed by atoms with E-state index in [0.29, 0.717) is 13.2 Å². The fourth-order valence-electron chi connectivity index (χ4n) is 0.716. The summed E-state index contributed by atoms with van der Waals surface area (Å²) in [6.45, 7) is 8.94. The van der Waals surface area contributed by atoms with Gasteiger partial charge in [0.1, 0.15) is 18.0 Å². The van der Waals surface area contributed by atoms with Gasteiger partial charge in [-0.1, -0.05) is 6.58 Å². The van der Waals surface area contributed by atoms with Crippen molar-refractivity contribution >= 4 is 0 Å². The van der Waals surface area contributed by atoms with Crippen LogP contribution in [0.5, 0.6) is 0 Å². The van der Waals surface area contributed by atoms with Crippen LogP contribution in [0, 0.1) is 0 Å². The van der Waals surface area contributed by atoms with Crippen LogP contribution in [0.3, 0.4) is 0 Å². The second-order valence-corrected chi connectivity index (χ2v) is 2.63. The molecule has 0 amide bonds. The molecule has 0 aromatic heterocycles. The van der Waals surface area contributed by atoms with Gasteiger partial charge >= 0.3 is 0 Å². The average molecular weight is 128 g/mol. The number of hydrogen-bond acceptors (Lipinski definition) is 2. The van der Waals surface area contributed by atoms with Gasteiger partial charge in [-0.15, -0.1) is 0 Å². The molecule has 0 saturated carbocycles. The van der Waals surface area contributed by atoms with Gasteiger partial charge in [0.2, 0.25) is 0 Å². The molecule has 0 aliphatic carbocycles. The zero-order chi connectivity index (χ0) is 6.91. The molecule has 2 heteroatoms. The zero-order valence-corrected chi connectivity index (χ0v) is 5.94. The third kappa shape index (κ3) is 1.24. The average Bonchev–Trinajstić information content (AvgIpc) is 1.77. The van der Waals surface area contributed by atoms with Crippen molar-refractivity contribution in [3.05, 3.63) is 12.3 Å². The summed E-state index contributed by atoms with van der Waals surface area (Å²) in [5.41, 5.74) is -0.280. The van der Waals surface area contributed by atoms with Crippen LogP contribution in [-0.4, -0.2) is 18.8 Å². The first-order valence-electron chi connectivity index (χ1n) is 3.09. The predicted molar refractivity (Wildman–Crippen MR) is 35.1 cm³/mol. The standard InChI is InChI=1S/C7H12O2/c1-6-7(2,3)9-5-4-8-6/h1,4-5H2,2-3H3. The summed E-state index contributed by atoms with van der Waals surface area (Å²) >= 11 is 0. The van der Waals surface area contributed by atoms with Crippen LogP contribution in [-0.2, 0) is 9.47 Å². The smallest absolute Gasteiger partial charge is 0.120 e. The van der Waals surface area contributed by atoms with Crippen molar-refractivity contribution in [2.45, 2.75) is 19.4 Å². The number of hydrogen-bond donors (Lipinski definition) is 0. The van der Waals surface area contributed by atoms with Gasteiger partial charge in [-0.3, -0.25) is 0 Å². The van der Waals surface area contributed by atoms with Crippen molar-refractivity contribution in [3.63, 3.8) is 0 Å². The van der Waals surface area contributed by atoms with Gasteiger partial charge in [0.15, 0.2) is 0 Å². The Labute approximate surface area is 55.5 Å². The van der Waals surface area contributed by atoms with Crippen molar-refractivity contribution in [1.82, 2.24) is 0 Å². The lowest BCUT2D eigenvalue weighted by Gasteiger charge is -2.31. The highest BCUT2D eigenvalue weighted by Crippen LogP contribution is 2.23. The second kappa shape index (κ2) is 2.03. The first-order valence-corrected chi connectivity index (χ1v) is 3.09. The molecule has 0 atom stereocenters. The highest BCUT2D eigenvalue weighted by atomic mass is 16.6. The summed E-state index contributed by atoms with van der Waals surface area (Å²) in [4.78, 5) is 0. The summed E-state index contributed by atoms with van der Waals surface area (Å²) < 4.78 is 10.5. The topological polar surface area (TPSA) is 18.5 Å². The van der Waals surface area contributed by atoms with Gasteiger partial charge in [0, 0.05) is 0 Å². The van der Waals surface area contributed by atoms with E-state index in [-0.39, 0.29) is 5.60 Å². The summed E-state index contributed by atoms with van der Waals surface area (Å²) in [7, 11) is 0. The van der Waals surface area contributed by atoms with Crippen LogP contribution in [0.25, 0.3) is 0 Å². The Kier molecular flexibility index (Phi) is 1.49. The molecule has 0 unspecified atom stereocenters. The Morgan fingerprint density at radius 3 is 2.44 bits per heavy atom. The van der Waals surface area contributed by atoms with Gasteiger partial charge in [0.05, 0.1) is 6.61 Å². The van der Waals surface area contributed by atoms with E-state index >= 15 is 0 Å². The Morgan fingerprint density at radius 2 is 2.11 bits per heavy atom. The molecule has 0 radical (unpaired) electrons. The van der Waals surface area contributed by atoms with E-state index in [1.165, 1.54) is 0 Å². The Bertz CT molecular complexity index is 127. The van der Waals surface area contributed by atoms with E-state index in [2.05, 4.69) is 6.58 Å². The number of rotatable bonds is 0. The largest absolute Gasteiger partial charge is 0.493 e. The molecular formula is C7H12O2. The lowest BCUT2D eigenvalue weighted by Crippen LogP contribution is -2.34. The van der Waals surface area contributed by atoms with Crippen LogP contribution in [0.2, 0.25) is 0 Å². The van der Waals surface area contributed by atoms with E-state index in [1.54, 1.807) is 0 Å². The molecule has 0 spiro atoms. The Morgan fingerprint density at radius 1 is 1.44 bits per heavy atom. The minimum absolute atomic E-state index is 0.280. The maximum absolute atomic E-state index is 5.35. The van der Waals surface area contributed by atoms with Crippen LogP contribution < -0.4 is 0 Å². The zero-order valence-electron chi connectivity index (χ0n) is 5.94. The van der Waals surface area contributed by atoms with Crippen molar-refractivity contribution in [3.8, 4) is 0 Å². The molecule has 0 bridgehead atoms. The van der Waals surface area contributed by atoms with E-state index in [9.17, 15) is 0 Å². The molecule has 0 aromatic carbocycles. The first-order chi connectivity index (χ1) is 4.13. The quantitative estimate of drug-likeness (QED) is 0.490. The van der Waals surface area contributed by atoms with E-state index in [0.717, 1.165) is 5.76 Å². The SMILES string of the molecule is C=C1OCCOC1(C)C. The van der Waals surface area contributed by atoms with Crippen LogP contribution in [0.1, 0.15) is 13.8 Å². The van der Waals surface area contributed by atoms with Crippen LogP contribution in [0.15, 0.2) is 12.3 Å². The lowest BCUT2D eigenvalue weighted by molar-refractivity contribution is -0.0916. The van der Waals surface area contributed by atoms with Gasteiger partial charge in [-0.05, 0) is 13.8 Å². The molecule has 1 aliphatic rings. The fourth-order valence-corrected chi connectivity index (χ4v) is 0.716. The van der Waals surface area contributed by atoms with E-state index in [1.807, 2.05) is 13.8 Å². The van der Waals surface area contributed by atoms with E-state index < -0.39 is 0 Å². The molecule has 0 aromatic rings. The summed E-state index contributed by atoms with van der Waals surface area (Å²) in [6, 6.07) is 0. The van der Waals surface area contributed by atoms with Crippen LogP contribution >= 0.6 is 0 Å². The molecule has 1 fully saturated rings. The molecule has 1 rings (SSSR count). The molecule has 1 heterocycles. The van der Waals surface area contributed by atoms with Gasteiger partial charge < -0.3 is 9.47 Å². The molecule has 0 N–H and O–H groups in total. The summed E-state index contributed by atoms with van der Waals surface area (Å²) in [5, 5.41) is 0. The second-order valence-electron chi connectivity index (χ2n) is 2.63. The highest BCUT2D eigenvalue weighted by molar-refractivity contribution is 5.02. The monoisotopic (exact) mass is 128 g/mol.